The van der Waals surface area contributed by atoms with Gasteiger partial charge in [0.05, 0.1) is 11.2 Å². The van der Waals surface area contributed by atoms with Crippen LogP contribution in [0.4, 0.5) is 15.3 Å². The van der Waals surface area contributed by atoms with Crippen LogP contribution in [-0.4, -0.2) is 33.1 Å². The van der Waals surface area contributed by atoms with Gasteiger partial charge >= 0.3 is 12.1 Å². The highest BCUT2D eigenvalue weighted by Gasteiger charge is 2.49. The fraction of sp³-hybridized carbons (Fsp3) is 0.143. The van der Waals surface area contributed by atoms with Crippen molar-refractivity contribution in [1.29, 1.82) is 0 Å². The summed E-state index contributed by atoms with van der Waals surface area (Å²) < 4.78 is 1.43. The van der Waals surface area contributed by atoms with Crippen LogP contribution in [0, 0.1) is 0 Å². The molecule has 2 heterocycles. The minimum atomic E-state index is -1.00. The Hall–Kier alpha value is -5.12. The molecule has 1 saturated heterocycles. The van der Waals surface area contributed by atoms with Crippen LogP contribution in [0.5, 0.6) is 0 Å². The molecule has 0 saturated carbocycles. The number of hydrogen-bond acceptors (Lipinski definition) is 5. The van der Waals surface area contributed by atoms with Crippen LogP contribution in [0.1, 0.15) is 11.1 Å². The molecule has 1 unspecified atom stereocenters. The van der Waals surface area contributed by atoms with Crippen LogP contribution in [-0.2, 0) is 24.7 Å². The molecule has 10 heteroatoms. The Balaban J connectivity index is 1.37. The van der Waals surface area contributed by atoms with Crippen molar-refractivity contribution in [2.24, 2.45) is 12.0 Å². The fourth-order valence-corrected chi connectivity index (χ4v) is 5.11. The number of imide groups is 1. The van der Waals surface area contributed by atoms with Crippen LogP contribution in [0.2, 0.25) is 0 Å². The van der Waals surface area contributed by atoms with Crippen LogP contribution in [0.15, 0.2) is 82.6 Å². The van der Waals surface area contributed by atoms with Crippen molar-refractivity contribution in [1.82, 2.24) is 20.2 Å². The van der Waals surface area contributed by atoms with Gasteiger partial charge in [-0.2, -0.15) is 4.99 Å². The van der Waals surface area contributed by atoms with Gasteiger partial charge in [0.1, 0.15) is 5.54 Å². The lowest BCUT2D eigenvalue weighted by atomic mass is 9.96. The second kappa shape index (κ2) is 8.77. The van der Waals surface area contributed by atoms with Crippen LogP contribution >= 0.6 is 0 Å². The minimum Gasteiger partial charge on any atom is -0.323 e. The molecule has 38 heavy (non-hydrogen) atoms. The summed E-state index contributed by atoms with van der Waals surface area (Å²) in [7, 11) is 1.62. The molecule has 1 spiro atoms. The highest BCUT2D eigenvalue weighted by atomic mass is 16.2. The number of nitrogens with zero attached hydrogens (tertiary/aromatic N) is 3. The van der Waals surface area contributed by atoms with E-state index in [1.54, 1.807) is 25.2 Å². The Morgan fingerprint density at radius 2 is 1.71 bits per heavy atom. The van der Waals surface area contributed by atoms with E-state index in [1.807, 2.05) is 54.6 Å². The number of fused-ring (bicyclic) bond motifs is 2. The van der Waals surface area contributed by atoms with Gasteiger partial charge in [-0.15, -0.1) is 0 Å². The number of aryl methyl sites for hydroxylation is 1. The molecule has 0 radical (unpaired) electrons. The smallest absolute Gasteiger partial charge is 0.323 e. The SMILES string of the molecule is Cn1c(=O)c(=NC(=O)Nc2ccc3c(c2)CC2(C3)NC(=O)NC2=O)nc(-c2ccccc2)c2ccccc21. The number of nitrogens with one attached hydrogen (secondary N) is 3. The quantitative estimate of drug-likeness (QED) is 0.359. The van der Waals surface area contributed by atoms with Gasteiger partial charge < -0.3 is 15.2 Å². The van der Waals surface area contributed by atoms with Crippen molar-refractivity contribution >= 4 is 34.6 Å². The number of rotatable bonds is 2. The molecule has 3 aromatic carbocycles. The fourth-order valence-electron chi connectivity index (χ4n) is 5.11. The third-order valence-corrected chi connectivity index (χ3v) is 6.95. The zero-order valence-electron chi connectivity index (χ0n) is 20.3. The van der Waals surface area contributed by atoms with Gasteiger partial charge in [0.25, 0.3) is 11.5 Å². The van der Waals surface area contributed by atoms with E-state index in [2.05, 4.69) is 25.9 Å². The molecular weight excluding hydrogens is 484 g/mol. The Labute approximate surface area is 216 Å². The monoisotopic (exact) mass is 506 g/mol. The third kappa shape index (κ3) is 3.92. The standard InChI is InChI=1S/C28H22N6O4/c1-34-21-10-6-5-9-20(21)22(16-7-3-2-4-8-16)30-23(24(34)35)31-26(37)29-19-12-11-17-14-28(15-18(17)13-19)25(36)32-27(38)33-28/h2-13H,14-15H2,1H3,(H,29,37)(H2,32,33,36,38). The number of anilines is 1. The van der Waals surface area contributed by atoms with Crippen molar-refractivity contribution in [3.05, 3.63) is 99.8 Å². The zero-order chi connectivity index (χ0) is 26.4. The van der Waals surface area contributed by atoms with E-state index in [0.29, 0.717) is 29.7 Å². The lowest BCUT2D eigenvalue weighted by molar-refractivity contribution is -0.123. The zero-order valence-corrected chi connectivity index (χ0v) is 20.3. The molecule has 1 aromatic heterocycles. The topological polar surface area (TPSA) is 135 Å². The molecule has 0 bridgehead atoms. The van der Waals surface area contributed by atoms with Crippen molar-refractivity contribution < 1.29 is 14.4 Å². The highest BCUT2D eigenvalue weighted by molar-refractivity contribution is 6.08. The van der Waals surface area contributed by atoms with Gasteiger partial charge in [0, 0.05) is 36.5 Å². The van der Waals surface area contributed by atoms with E-state index in [0.717, 1.165) is 22.1 Å². The molecule has 1 aliphatic carbocycles. The van der Waals surface area contributed by atoms with E-state index in [4.69, 9.17) is 0 Å². The summed E-state index contributed by atoms with van der Waals surface area (Å²) in [5.41, 5.74) is 2.39. The first-order valence-corrected chi connectivity index (χ1v) is 12.0. The third-order valence-electron chi connectivity index (χ3n) is 6.95. The maximum absolute atomic E-state index is 13.3. The summed E-state index contributed by atoms with van der Waals surface area (Å²) in [6.07, 6.45) is 0.680. The summed E-state index contributed by atoms with van der Waals surface area (Å²) in [6.45, 7) is 0. The molecule has 188 valence electrons. The van der Waals surface area contributed by atoms with Gasteiger partial charge in [-0.3, -0.25) is 14.9 Å². The van der Waals surface area contributed by atoms with E-state index in [1.165, 1.54) is 4.57 Å². The molecule has 3 N–H and O–H groups in total. The van der Waals surface area contributed by atoms with Gasteiger partial charge in [-0.05, 0) is 29.3 Å². The van der Waals surface area contributed by atoms with Crippen molar-refractivity contribution in [3.63, 3.8) is 0 Å². The Kier molecular flexibility index (Phi) is 5.37. The molecule has 10 nitrogen and oxygen atoms in total. The van der Waals surface area contributed by atoms with E-state index in [-0.39, 0.29) is 11.4 Å². The molecule has 6 rings (SSSR count). The average molecular weight is 507 g/mol. The Bertz CT molecular complexity index is 1800. The number of urea groups is 2. The summed E-state index contributed by atoms with van der Waals surface area (Å²) in [5.74, 6) is -0.361. The first kappa shape index (κ1) is 23.3. The normalized spacial score (nSPS) is 18.4. The maximum atomic E-state index is 13.3. The van der Waals surface area contributed by atoms with Crippen molar-refractivity contribution in [2.45, 2.75) is 18.4 Å². The van der Waals surface area contributed by atoms with Gasteiger partial charge in [0.2, 0.25) is 5.49 Å². The predicted octanol–water partition coefficient (Wildman–Crippen LogP) is 2.41. The van der Waals surface area contributed by atoms with Crippen LogP contribution in [0.25, 0.3) is 22.2 Å². The summed E-state index contributed by atoms with van der Waals surface area (Å²) >= 11 is 0. The number of benzene rings is 3. The second-order valence-corrected chi connectivity index (χ2v) is 9.40. The number of para-hydroxylation sites is 1. The highest BCUT2D eigenvalue weighted by Crippen LogP contribution is 2.34. The lowest BCUT2D eigenvalue weighted by Crippen LogP contribution is -2.47. The summed E-state index contributed by atoms with van der Waals surface area (Å²) in [4.78, 5) is 58.8. The first-order valence-electron chi connectivity index (χ1n) is 12.0. The number of amides is 5. The van der Waals surface area contributed by atoms with Crippen molar-refractivity contribution in [2.75, 3.05) is 5.32 Å². The van der Waals surface area contributed by atoms with Gasteiger partial charge in [-0.1, -0.05) is 54.6 Å². The van der Waals surface area contributed by atoms with Crippen LogP contribution in [0.3, 0.4) is 0 Å². The average Bonchev–Trinajstić information content (AvgIpc) is 3.38. The number of aromatic nitrogens is 2. The molecule has 1 atom stereocenters. The summed E-state index contributed by atoms with van der Waals surface area (Å²) in [5, 5.41) is 8.44. The molecule has 1 fully saturated rings. The molecular formula is C28H22N6O4. The maximum Gasteiger partial charge on any atom is 0.347 e. The number of carbonyl (C=O) groups excluding carboxylic acids is 3. The van der Waals surface area contributed by atoms with Crippen molar-refractivity contribution in [3.8, 4) is 11.3 Å². The van der Waals surface area contributed by atoms with Crippen LogP contribution < -0.4 is 27.0 Å². The van der Waals surface area contributed by atoms with E-state index >= 15 is 0 Å². The minimum absolute atomic E-state index is 0.245. The first-order chi connectivity index (χ1) is 18.3. The molecule has 1 aliphatic heterocycles. The van der Waals surface area contributed by atoms with Gasteiger partial charge in [-0.25, -0.2) is 14.6 Å². The number of hydrogen-bond donors (Lipinski definition) is 3. The second-order valence-electron chi connectivity index (χ2n) is 9.40. The van der Waals surface area contributed by atoms with E-state index in [9.17, 15) is 19.2 Å². The van der Waals surface area contributed by atoms with Gasteiger partial charge in [0.15, 0.2) is 0 Å². The molecule has 4 aromatic rings. The Morgan fingerprint density at radius 1 is 0.974 bits per heavy atom. The Morgan fingerprint density at radius 3 is 2.47 bits per heavy atom. The number of carbonyl (C=O) groups is 3. The lowest BCUT2D eigenvalue weighted by Gasteiger charge is -2.18. The largest absolute Gasteiger partial charge is 0.347 e. The molecule has 5 amide bonds. The van der Waals surface area contributed by atoms with E-state index < -0.39 is 23.2 Å². The molecule has 2 aliphatic rings. The predicted molar refractivity (Wildman–Crippen MR) is 140 cm³/mol. The summed E-state index contributed by atoms with van der Waals surface area (Å²) in [6, 6.07) is 20.8.